The number of hydrogen-bond donors (Lipinski definition) is 0. The van der Waals surface area contributed by atoms with Gasteiger partial charge in [-0.05, 0) is 62.1 Å². The minimum Gasteiger partial charge on any atom is -0.0876 e. The summed E-state index contributed by atoms with van der Waals surface area (Å²) in [6, 6.07) is 58.3. The van der Waals surface area contributed by atoms with Crippen molar-refractivity contribution in [1.29, 1.82) is 0 Å². The highest BCUT2D eigenvalue weighted by Crippen LogP contribution is 2.61. The van der Waals surface area contributed by atoms with E-state index in [9.17, 15) is 0 Å². The van der Waals surface area contributed by atoms with Gasteiger partial charge in [-0.25, -0.2) is 0 Å². The van der Waals surface area contributed by atoms with Gasteiger partial charge in [-0.1, -0.05) is 224 Å². The molecule has 0 nitrogen and oxygen atoms in total. The zero-order valence-corrected chi connectivity index (χ0v) is 32.3. The van der Waals surface area contributed by atoms with Crippen molar-refractivity contribution >= 4 is 85.4 Å². The molecule has 0 bridgehead atoms. The Morgan fingerprint density at radius 3 is 0.646 bits per heavy atom. The van der Waals surface area contributed by atoms with Crippen molar-refractivity contribution in [1.82, 2.24) is 0 Å². The quantitative estimate of drug-likeness (QED) is 0.109. The number of rotatable bonds is 13. The van der Waals surface area contributed by atoms with Gasteiger partial charge < -0.3 is 0 Å². The van der Waals surface area contributed by atoms with Crippen molar-refractivity contribution in [2.45, 2.75) is 13.3 Å². The molecule has 6 aromatic rings. The molecule has 6 rings (SSSR count). The Morgan fingerprint density at radius 2 is 0.500 bits per heavy atom. The van der Waals surface area contributed by atoms with E-state index in [4.69, 9.17) is 35.4 Å². The molecule has 0 unspecified atom stereocenters. The van der Waals surface area contributed by atoms with Gasteiger partial charge in [0, 0.05) is 18.1 Å². The molecular formula is C42H41P3S3. The van der Waals surface area contributed by atoms with E-state index in [0.717, 1.165) is 24.9 Å². The summed E-state index contributed by atoms with van der Waals surface area (Å²) in [5.41, 5.74) is -0.246. The molecule has 242 valence electrons. The van der Waals surface area contributed by atoms with E-state index in [1.54, 1.807) is 0 Å². The van der Waals surface area contributed by atoms with Gasteiger partial charge in [-0.3, -0.25) is 0 Å². The first-order valence-corrected chi connectivity index (χ1v) is 25.4. The molecule has 0 aliphatic heterocycles. The molecular weight excluding hydrogens is 694 g/mol. The second-order valence-electron chi connectivity index (χ2n) is 12.6. The van der Waals surface area contributed by atoms with Crippen LogP contribution in [-0.4, -0.2) is 18.5 Å². The smallest absolute Gasteiger partial charge is 0.0111 e. The van der Waals surface area contributed by atoms with E-state index in [1.807, 2.05) is 0 Å². The molecule has 0 heterocycles. The summed E-state index contributed by atoms with van der Waals surface area (Å²) >= 11 is 21.2. The van der Waals surface area contributed by atoms with Crippen LogP contribution in [0.1, 0.15) is 13.3 Å². The Morgan fingerprint density at radius 1 is 0.333 bits per heavy atom. The molecule has 6 aromatic carbocycles. The fourth-order valence-electron chi connectivity index (χ4n) is 6.91. The lowest BCUT2D eigenvalue weighted by Crippen LogP contribution is -2.41. The summed E-state index contributed by atoms with van der Waals surface area (Å²) in [4.78, 5) is 0. The molecule has 0 aliphatic rings. The molecule has 0 aromatic heterocycles. The first-order chi connectivity index (χ1) is 23.3. The lowest BCUT2D eigenvalue weighted by molar-refractivity contribution is 0.422. The number of hydrogen-bond acceptors (Lipinski definition) is 3. The van der Waals surface area contributed by atoms with Crippen molar-refractivity contribution in [3.63, 3.8) is 0 Å². The Hall–Kier alpha value is -2.73. The van der Waals surface area contributed by atoms with E-state index in [-0.39, 0.29) is 5.41 Å². The van der Waals surface area contributed by atoms with Crippen LogP contribution in [0.15, 0.2) is 182 Å². The van der Waals surface area contributed by atoms with Crippen molar-refractivity contribution in [2.24, 2.45) is 5.41 Å². The molecule has 0 saturated carbocycles. The molecule has 0 aliphatic carbocycles. The lowest BCUT2D eigenvalue weighted by Gasteiger charge is -2.45. The van der Waals surface area contributed by atoms with Crippen LogP contribution in [0.3, 0.4) is 0 Å². The predicted molar refractivity (Wildman–Crippen MR) is 227 cm³/mol. The van der Waals surface area contributed by atoms with Crippen LogP contribution in [0.2, 0.25) is 0 Å². The van der Waals surface area contributed by atoms with Crippen LogP contribution in [-0.2, 0) is 35.4 Å². The van der Waals surface area contributed by atoms with Gasteiger partial charge in [-0.2, -0.15) is 0 Å². The second kappa shape index (κ2) is 15.4. The zero-order valence-electron chi connectivity index (χ0n) is 27.2. The fourth-order valence-corrected chi connectivity index (χ4v) is 22.2. The van der Waals surface area contributed by atoms with Gasteiger partial charge in [0.05, 0.1) is 0 Å². The molecule has 0 fully saturated rings. The van der Waals surface area contributed by atoms with E-state index in [1.165, 1.54) is 31.8 Å². The van der Waals surface area contributed by atoms with Gasteiger partial charge in [0.2, 0.25) is 0 Å². The average molecular weight is 735 g/mol. The zero-order chi connectivity index (χ0) is 33.5. The minimum atomic E-state index is -2.32. The van der Waals surface area contributed by atoms with Crippen LogP contribution in [0.4, 0.5) is 0 Å². The van der Waals surface area contributed by atoms with Gasteiger partial charge in [0.1, 0.15) is 0 Å². The topological polar surface area (TPSA) is 0 Å². The maximum Gasteiger partial charge on any atom is 0.0111 e. The van der Waals surface area contributed by atoms with Gasteiger partial charge in [0.25, 0.3) is 0 Å². The predicted octanol–water partition coefficient (Wildman–Crippen LogP) is 8.77. The first-order valence-electron chi connectivity index (χ1n) is 16.4. The largest absolute Gasteiger partial charge is 0.0876 e. The minimum absolute atomic E-state index is 0.246. The molecule has 6 heteroatoms. The molecule has 0 spiro atoms. The molecule has 0 saturated heterocycles. The summed E-state index contributed by atoms with van der Waals surface area (Å²) < 4.78 is 0. The summed E-state index contributed by atoms with van der Waals surface area (Å²) in [5, 5.41) is 7.52. The summed E-state index contributed by atoms with van der Waals surface area (Å²) in [6.45, 7) is 2.36. The third-order valence-corrected chi connectivity index (χ3v) is 24.6. The van der Waals surface area contributed by atoms with Crippen molar-refractivity contribution in [3.8, 4) is 0 Å². The Kier molecular flexibility index (Phi) is 11.3. The maximum atomic E-state index is 7.06. The van der Waals surface area contributed by atoms with Gasteiger partial charge in [-0.15, -0.1) is 0 Å². The normalized spacial score (nSPS) is 12.4. The van der Waals surface area contributed by atoms with Crippen LogP contribution < -0.4 is 31.8 Å². The summed E-state index contributed by atoms with van der Waals surface area (Å²) in [7, 11) is 0. The lowest BCUT2D eigenvalue weighted by atomic mass is 9.92. The van der Waals surface area contributed by atoms with Crippen molar-refractivity contribution < 1.29 is 0 Å². The summed E-state index contributed by atoms with van der Waals surface area (Å²) in [6.07, 6.45) is 3.50. The van der Waals surface area contributed by atoms with Crippen molar-refractivity contribution in [2.75, 3.05) is 18.5 Å². The number of benzene rings is 6. The van der Waals surface area contributed by atoms with E-state index >= 15 is 0 Å². The molecule has 48 heavy (non-hydrogen) atoms. The molecule has 0 radical (unpaired) electrons. The Balaban J connectivity index is 1.62. The van der Waals surface area contributed by atoms with Crippen LogP contribution in [0.5, 0.6) is 0 Å². The Bertz CT molecular complexity index is 1680. The van der Waals surface area contributed by atoms with Crippen LogP contribution in [0.25, 0.3) is 0 Å². The van der Waals surface area contributed by atoms with E-state index < -0.39 is 18.1 Å². The first kappa shape index (κ1) is 35.1. The highest BCUT2D eigenvalue weighted by molar-refractivity contribution is 8.23. The molecule has 0 N–H and O–H groups in total. The maximum absolute atomic E-state index is 7.06. The van der Waals surface area contributed by atoms with Gasteiger partial charge >= 0.3 is 0 Å². The molecule has 0 atom stereocenters. The second-order valence-corrected chi connectivity index (χ2v) is 26.7. The van der Waals surface area contributed by atoms with E-state index in [0.29, 0.717) is 0 Å². The Labute approximate surface area is 302 Å². The van der Waals surface area contributed by atoms with E-state index in [2.05, 4.69) is 189 Å². The van der Waals surface area contributed by atoms with Crippen molar-refractivity contribution in [3.05, 3.63) is 182 Å². The standard InChI is InChI=1S/C42H41P3S3/c1-2-42(33-43(46,36-21-9-3-10-22-36)37-23-11-4-12-24-37,34-44(47,38-25-13-5-14-26-38)39-27-15-6-16-28-39)35-45(48,40-29-17-7-18-30-40)41-31-19-8-20-32-41/h3-32H,2,33-35H2,1H3. The van der Waals surface area contributed by atoms with Crippen LogP contribution >= 0.6 is 18.1 Å². The fraction of sp³-hybridized carbons (Fsp3) is 0.143. The highest BCUT2D eigenvalue weighted by atomic mass is 32.4. The summed E-state index contributed by atoms with van der Waals surface area (Å²) in [5.74, 6) is 0. The van der Waals surface area contributed by atoms with Gasteiger partial charge in [0.15, 0.2) is 0 Å². The monoisotopic (exact) mass is 734 g/mol. The molecule has 0 amide bonds. The van der Waals surface area contributed by atoms with Crippen LogP contribution in [0, 0.1) is 5.41 Å². The third kappa shape index (κ3) is 7.39. The third-order valence-electron chi connectivity index (χ3n) is 9.46. The average Bonchev–Trinajstić information content (AvgIpc) is 3.16. The SMILES string of the molecule is CCC(CP(=S)(c1ccccc1)c1ccccc1)(CP(=S)(c1ccccc1)c1ccccc1)CP(=S)(c1ccccc1)c1ccccc1. The highest BCUT2D eigenvalue weighted by Gasteiger charge is 2.44.